The van der Waals surface area contributed by atoms with Crippen LogP contribution in [-0.4, -0.2) is 82.2 Å². The van der Waals surface area contributed by atoms with Crippen LogP contribution < -0.4 is 44.9 Å². The van der Waals surface area contributed by atoms with E-state index in [4.69, 9.17) is 9.84 Å². The maximum Gasteiger partial charge on any atom is 2.00 e. The Morgan fingerprint density at radius 1 is 0.914 bits per heavy atom. The largest absolute Gasteiger partial charge is 2.00 e. The molecule has 12 nitrogen and oxygen atoms in total. The molecule has 2 atom stereocenters. The summed E-state index contributed by atoms with van der Waals surface area (Å²) in [4.78, 5) is 52.6. The van der Waals surface area contributed by atoms with Crippen LogP contribution in [0.2, 0.25) is 0 Å². The molecule has 35 heavy (non-hydrogen) atoms. The van der Waals surface area contributed by atoms with Crippen molar-refractivity contribution < 1.29 is 91.0 Å². The minimum absolute atomic E-state index is 0. The summed E-state index contributed by atoms with van der Waals surface area (Å²) in [6, 6.07) is 2.69. The molecule has 1 aliphatic rings. The molecule has 0 saturated carbocycles. The van der Waals surface area contributed by atoms with Crippen LogP contribution in [0.3, 0.4) is 0 Å². The van der Waals surface area contributed by atoms with Crippen molar-refractivity contribution in [3.8, 4) is 0 Å². The topological polar surface area (TPSA) is 186 Å². The van der Waals surface area contributed by atoms with Gasteiger partial charge < -0.3 is 39.5 Å². The zero-order valence-electron chi connectivity index (χ0n) is 19.4. The van der Waals surface area contributed by atoms with Crippen LogP contribution in [0.4, 0.5) is 0 Å². The molecule has 187 valence electrons. The number of rotatable bonds is 10. The Morgan fingerprint density at radius 2 is 1.37 bits per heavy atom. The Bertz CT molecular complexity index is 798. The molecule has 1 aromatic heterocycles. The van der Waals surface area contributed by atoms with Gasteiger partial charge in [0.1, 0.15) is 0 Å². The molecule has 0 spiro atoms. The van der Waals surface area contributed by atoms with Gasteiger partial charge in [-0.05, 0) is 31.4 Å². The maximum absolute atomic E-state index is 11.7. The van der Waals surface area contributed by atoms with E-state index in [0.29, 0.717) is 11.4 Å². The molecule has 1 aliphatic heterocycles. The van der Waals surface area contributed by atoms with Crippen LogP contribution in [0.1, 0.15) is 37.1 Å². The van der Waals surface area contributed by atoms with E-state index in [0.717, 1.165) is 0 Å². The Morgan fingerprint density at radius 3 is 1.77 bits per heavy atom. The Labute approximate surface area is 235 Å². The minimum atomic E-state index is -1.42. The molecule has 0 aliphatic carbocycles. The molecular weight excluding hydrogens is 516 g/mol. The summed E-state index contributed by atoms with van der Waals surface area (Å²) in [7, 11) is 0. The van der Waals surface area contributed by atoms with Crippen molar-refractivity contribution in [2.24, 2.45) is 0 Å². The predicted molar refractivity (Wildman–Crippen MR) is 105 cm³/mol. The number of carbonyl (C=O) groups excluding carboxylic acids is 3. The number of pyridine rings is 1. The minimum Gasteiger partial charge on any atom is -0.550 e. The Kier molecular flexibility index (Phi) is 16.2. The molecule has 2 heterocycles. The molecule has 0 aromatic carbocycles. The molecule has 0 saturated heterocycles. The molecule has 2 bridgehead atoms. The number of ether oxygens (including phenoxy) is 1. The number of carboxylic acids is 4. The van der Waals surface area contributed by atoms with E-state index in [1.807, 2.05) is 0 Å². The van der Waals surface area contributed by atoms with Crippen LogP contribution in [-0.2, 0) is 54.1 Å². The maximum atomic E-state index is 11.7. The van der Waals surface area contributed by atoms with E-state index < -0.39 is 42.4 Å². The molecule has 2 rings (SSSR count). The predicted octanol–water partition coefficient (Wildman–Crippen LogP) is -6.65. The first-order valence-corrected chi connectivity index (χ1v) is 10.5. The second-order valence-electron chi connectivity index (χ2n) is 7.69. The number of aromatic nitrogens is 1. The molecule has 1 radical (unpaired) electrons. The molecule has 0 fully saturated rings. The van der Waals surface area contributed by atoms with Gasteiger partial charge in [0.2, 0.25) is 0 Å². The summed E-state index contributed by atoms with van der Waals surface area (Å²) in [6.45, 7) is 0.641. The van der Waals surface area contributed by atoms with Crippen LogP contribution in [0.15, 0.2) is 18.2 Å². The normalized spacial score (nSPS) is 16.8. The quantitative estimate of drug-likeness (QED) is 0.276. The third-order valence-electron chi connectivity index (χ3n) is 5.32. The molecule has 14 heteroatoms. The van der Waals surface area contributed by atoms with E-state index in [9.17, 15) is 34.5 Å². The average molecular weight is 542 g/mol. The molecule has 0 unspecified atom stereocenters. The summed E-state index contributed by atoms with van der Waals surface area (Å²) in [5.41, 5.74) is 0.984. The van der Waals surface area contributed by atoms with Gasteiger partial charge in [0.15, 0.2) is 0 Å². The van der Waals surface area contributed by atoms with Gasteiger partial charge in [0.05, 0.1) is 48.6 Å². The van der Waals surface area contributed by atoms with E-state index in [1.165, 1.54) is 9.80 Å². The van der Waals surface area contributed by atoms with Crippen molar-refractivity contribution in [3.05, 3.63) is 29.6 Å². The number of aliphatic carboxylic acids is 4. The third kappa shape index (κ3) is 11.8. The number of carbonyl (C=O) groups is 4. The number of hydrogen-bond donors (Lipinski definition) is 1. The zero-order chi connectivity index (χ0) is 24.4. The van der Waals surface area contributed by atoms with Gasteiger partial charge in [0, 0.05) is 38.6 Å². The van der Waals surface area contributed by atoms with Crippen LogP contribution in [0.5, 0.6) is 0 Å². The van der Waals surface area contributed by atoms with Gasteiger partial charge in [-0.2, -0.15) is 0 Å². The summed E-state index contributed by atoms with van der Waals surface area (Å²) in [5, 5.41) is 43.1. The van der Waals surface area contributed by atoms with Gasteiger partial charge in [0.25, 0.3) is 0 Å². The van der Waals surface area contributed by atoms with Crippen molar-refractivity contribution in [2.75, 3.05) is 26.3 Å². The van der Waals surface area contributed by atoms with E-state index in [2.05, 4.69) is 4.98 Å². The second kappa shape index (κ2) is 17.0. The smallest absolute Gasteiger partial charge is 0.550 e. The zero-order valence-corrected chi connectivity index (χ0v) is 22.6. The summed E-state index contributed by atoms with van der Waals surface area (Å²) in [5.74, 6) is -5.29. The van der Waals surface area contributed by atoms with Gasteiger partial charge in [-0.1, -0.05) is 6.07 Å². The van der Waals surface area contributed by atoms with Crippen LogP contribution >= 0.6 is 0 Å². The van der Waals surface area contributed by atoms with E-state index in [-0.39, 0.29) is 105 Å². The van der Waals surface area contributed by atoms with E-state index >= 15 is 0 Å². The van der Waals surface area contributed by atoms with Crippen LogP contribution in [0, 0.1) is 0 Å². The summed E-state index contributed by atoms with van der Waals surface area (Å²) >= 11 is 0. The van der Waals surface area contributed by atoms with Crippen molar-refractivity contribution in [2.45, 2.75) is 50.9 Å². The second-order valence-corrected chi connectivity index (χ2v) is 7.69. The Hall–Kier alpha value is -1.57. The fraction of sp³-hybridized carbons (Fsp3) is 0.571. The van der Waals surface area contributed by atoms with E-state index in [1.54, 1.807) is 18.2 Å². The van der Waals surface area contributed by atoms with Crippen molar-refractivity contribution in [1.82, 2.24) is 14.8 Å². The van der Waals surface area contributed by atoms with Gasteiger partial charge in [-0.25, -0.2) is 0 Å². The monoisotopic (exact) mass is 542 g/mol. The molecule has 1 aromatic rings. The number of nitrogens with zero attached hydrogens (tertiary/aromatic N) is 3. The summed E-state index contributed by atoms with van der Waals surface area (Å²) in [6.07, 6.45) is -1.12. The average Bonchev–Trinajstić information content (AvgIpc) is 2.71. The first-order chi connectivity index (χ1) is 15.7. The SMILES string of the molecule is O=C([O-])CC[C@@H](C(=O)[O-])N1CCOCCN([C@H](CCC(=O)O)C(=O)[O-])Cc2cccc(n2)C1.[Mn+2].[Na+]. The fourth-order valence-electron chi connectivity index (χ4n) is 3.69. The first kappa shape index (κ1) is 33.4. The molecule has 0 amide bonds. The standard InChI is InChI=1S/C21H29N3O9.Mn.Na/c25-18(26)6-4-16(20(29)30)23-8-10-33-11-9-24(17(21(31)32)5-7-19(27)28)13-15-3-1-2-14(12-23)22-15;;/h1-3,16-17H,4-13H2,(H,25,26)(H,27,28)(H,29,30)(H,31,32);;/q;+2;+1/p-3/t16-,17+;;. The van der Waals surface area contributed by atoms with Gasteiger partial charge in [-0.3, -0.25) is 19.6 Å². The molecule has 1 N–H and O–H groups in total. The van der Waals surface area contributed by atoms with Crippen molar-refractivity contribution in [1.29, 1.82) is 0 Å². The van der Waals surface area contributed by atoms with Crippen molar-refractivity contribution >= 4 is 23.9 Å². The van der Waals surface area contributed by atoms with Gasteiger partial charge >= 0.3 is 52.6 Å². The Balaban J connectivity index is 0.00000578. The number of fused-ring (bicyclic) bond motifs is 2. The van der Waals surface area contributed by atoms with Gasteiger partial charge in [-0.15, -0.1) is 0 Å². The number of hydrogen-bond acceptors (Lipinski definition) is 11. The third-order valence-corrected chi connectivity index (χ3v) is 5.32. The molecular formula is C21H26MnN3NaO9. The number of carboxylic acid groups (broad SMARTS) is 4. The fourth-order valence-corrected chi connectivity index (χ4v) is 3.69. The van der Waals surface area contributed by atoms with Crippen molar-refractivity contribution in [3.63, 3.8) is 0 Å². The van der Waals surface area contributed by atoms with Crippen LogP contribution in [0.25, 0.3) is 0 Å². The first-order valence-electron chi connectivity index (χ1n) is 10.5. The summed E-state index contributed by atoms with van der Waals surface area (Å²) < 4.78 is 5.57.